The molecule has 1 aromatic heterocycles. The molecule has 6 heterocycles. The molecule has 4 fully saturated rings. The van der Waals surface area contributed by atoms with Gasteiger partial charge in [0.25, 0.3) is 11.8 Å². The van der Waals surface area contributed by atoms with E-state index in [0.29, 0.717) is 43.4 Å². The van der Waals surface area contributed by atoms with Crippen molar-refractivity contribution in [2.24, 2.45) is 5.16 Å². The maximum atomic E-state index is 13.2. The van der Waals surface area contributed by atoms with E-state index < -0.39 is 34.8 Å². The zero-order valence-corrected chi connectivity index (χ0v) is 20.9. The summed E-state index contributed by atoms with van der Waals surface area (Å²) in [5.41, 5.74) is 5.82. The van der Waals surface area contributed by atoms with Gasteiger partial charge in [-0.15, -0.1) is 23.1 Å². The highest BCUT2D eigenvalue weighted by Crippen LogP contribution is 2.50. The van der Waals surface area contributed by atoms with Crippen molar-refractivity contribution in [2.75, 3.05) is 32.5 Å². The van der Waals surface area contributed by atoms with E-state index in [4.69, 9.17) is 10.6 Å². The largest absolute Gasteiger partial charge is 0.476 e. The molecule has 35 heavy (non-hydrogen) atoms. The smallest absolute Gasteiger partial charge is 0.358 e. The Kier molecular flexibility index (Phi) is 5.81. The Bertz CT molecular complexity index is 1140. The number of carboxylic acids is 1. The predicted octanol–water partition coefficient (Wildman–Crippen LogP) is -0.0942. The summed E-state index contributed by atoms with van der Waals surface area (Å²) in [5.74, 6) is -2.31. The number of fused-ring (bicyclic) bond motifs is 4. The molecule has 188 valence electrons. The maximum absolute atomic E-state index is 13.2. The minimum atomic E-state index is -1.16. The molecule has 0 saturated carbocycles. The Labute approximate surface area is 209 Å². The molecule has 0 aromatic carbocycles. The lowest BCUT2D eigenvalue weighted by Gasteiger charge is -2.58. The van der Waals surface area contributed by atoms with Crippen LogP contribution in [-0.2, 0) is 19.2 Å². The fourth-order valence-corrected chi connectivity index (χ4v) is 7.73. The van der Waals surface area contributed by atoms with E-state index in [0.717, 1.165) is 17.0 Å². The molecule has 2 amide bonds. The minimum absolute atomic E-state index is 0.00199. The van der Waals surface area contributed by atoms with E-state index in [2.05, 4.69) is 15.5 Å². The molecule has 4 saturated heterocycles. The highest BCUT2D eigenvalue weighted by atomic mass is 32.2. The normalized spacial score (nSPS) is 34.4. The monoisotopic (exact) mass is 523 g/mol. The minimum Gasteiger partial charge on any atom is -0.476 e. The van der Waals surface area contributed by atoms with Crippen LogP contribution in [0.5, 0.6) is 0 Å². The summed E-state index contributed by atoms with van der Waals surface area (Å²) < 4.78 is 0.488. The number of aliphatic carboxylic acids is 1. The third-order valence-electron chi connectivity index (χ3n) is 7.43. The lowest BCUT2D eigenvalue weighted by molar-refractivity contribution is -0.911. The van der Waals surface area contributed by atoms with E-state index in [1.165, 1.54) is 23.8 Å². The number of aromatic nitrogens is 1. The van der Waals surface area contributed by atoms with Crippen LogP contribution in [0, 0.1) is 0 Å². The third-order valence-corrected chi connectivity index (χ3v) is 9.50. The highest BCUT2D eigenvalue weighted by Gasteiger charge is 2.61. The number of carbonyl (C=O) groups is 3. The van der Waals surface area contributed by atoms with Crippen molar-refractivity contribution in [3.05, 3.63) is 22.5 Å². The number of thioether (sulfide) groups is 1. The second-order valence-corrected chi connectivity index (χ2v) is 11.7. The molecule has 5 aliphatic heterocycles. The fourth-order valence-electron chi connectivity index (χ4n) is 5.63. The summed E-state index contributed by atoms with van der Waals surface area (Å²) in [7, 11) is 1.29. The highest BCUT2D eigenvalue weighted by molar-refractivity contribution is 8.00. The first kappa shape index (κ1) is 24.0. The quantitative estimate of drug-likeness (QED) is 0.172. The van der Waals surface area contributed by atoms with Gasteiger partial charge in [-0.2, -0.15) is 0 Å². The Balaban J connectivity index is 1.42. The van der Waals surface area contributed by atoms with Crippen molar-refractivity contribution in [2.45, 2.75) is 48.5 Å². The van der Waals surface area contributed by atoms with Crippen LogP contribution in [0.15, 0.2) is 21.9 Å². The number of oxime groups is 1. The number of β-lactam (4-membered cyclic amide) rings is 1. The standard InChI is InChI=1S/C21H26N6O6S2/c1-10-15(27-6-3-21(32,4-7-27)5-8-27)14(19(30)31)26-17(29)13(18(26)35-10)24-16(28)12(25-33-2)11-9-34-20(22)23-11/h9-10,13,18,32H,3-8H2,1-2H3,(H3-,22,23,24,28,30,31)/p+1/b25-12-/t10?,13-,18-,21?,27?/m1/s1. The lowest BCUT2D eigenvalue weighted by Crippen LogP contribution is -2.73. The number of amides is 2. The lowest BCUT2D eigenvalue weighted by atomic mass is 9.80. The first-order chi connectivity index (χ1) is 16.6. The number of quaternary nitrogens is 1. The third kappa shape index (κ3) is 3.79. The molecule has 1 unspecified atom stereocenters. The molecular formula is C21H27N6O6S2+. The van der Waals surface area contributed by atoms with E-state index >= 15 is 0 Å². The number of nitrogen functional groups attached to an aromatic ring is 1. The molecule has 3 atom stereocenters. The van der Waals surface area contributed by atoms with E-state index in [9.17, 15) is 24.6 Å². The molecular weight excluding hydrogens is 496 g/mol. The summed E-state index contributed by atoms with van der Waals surface area (Å²) in [5, 5.41) is 28.3. The van der Waals surface area contributed by atoms with Gasteiger partial charge in [-0.25, -0.2) is 9.78 Å². The van der Waals surface area contributed by atoms with Crippen LogP contribution in [0.2, 0.25) is 0 Å². The molecule has 6 rings (SSSR count). The van der Waals surface area contributed by atoms with Crippen molar-refractivity contribution in [3.8, 4) is 0 Å². The maximum Gasteiger partial charge on any atom is 0.358 e. The van der Waals surface area contributed by atoms with E-state index in [-0.39, 0.29) is 27.5 Å². The van der Waals surface area contributed by atoms with Crippen LogP contribution < -0.4 is 11.1 Å². The molecule has 0 spiro atoms. The zero-order valence-electron chi connectivity index (χ0n) is 19.3. The number of carboxylic acid groups (broad SMARTS) is 1. The van der Waals surface area contributed by atoms with Crippen LogP contribution >= 0.6 is 23.1 Å². The number of hydrogen-bond acceptors (Lipinski definition) is 10. The summed E-state index contributed by atoms with van der Waals surface area (Å²) >= 11 is 2.59. The summed E-state index contributed by atoms with van der Waals surface area (Å²) in [6.45, 7) is 3.89. The average Bonchev–Trinajstić information content (AvgIpc) is 3.26. The van der Waals surface area contributed by atoms with Gasteiger partial charge in [0.1, 0.15) is 24.2 Å². The molecule has 0 radical (unpaired) electrons. The molecule has 0 aliphatic carbocycles. The van der Waals surface area contributed by atoms with Gasteiger partial charge in [-0.05, 0) is 6.92 Å². The summed E-state index contributed by atoms with van der Waals surface area (Å²) in [6.07, 6.45) is 1.83. The van der Waals surface area contributed by atoms with Gasteiger partial charge in [-0.1, -0.05) is 5.16 Å². The zero-order chi connectivity index (χ0) is 25.1. The molecule has 14 heteroatoms. The van der Waals surface area contributed by atoms with Crippen molar-refractivity contribution < 1.29 is 33.9 Å². The number of thiazole rings is 1. The van der Waals surface area contributed by atoms with Gasteiger partial charge in [0, 0.05) is 24.6 Å². The average molecular weight is 524 g/mol. The van der Waals surface area contributed by atoms with Gasteiger partial charge >= 0.3 is 5.97 Å². The van der Waals surface area contributed by atoms with Crippen LogP contribution in [-0.4, -0.2) is 97.1 Å². The number of aliphatic hydroxyl groups is 1. The number of nitrogens with zero attached hydrogens (tertiary/aromatic N) is 4. The summed E-state index contributed by atoms with van der Waals surface area (Å²) in [4.78, 5) is 48.8. The molecule has 5 N–H and O–H groups in total. The van der Waals surface area contributed by atoms with Crippen LogP contribution in [0.25, 0.3) is 0 Å². The van der Waals surface area contributed by atoms with Gasteiger partial charge in [0.15, 0.2) is 22.2 Å². The Hall–Kier alpha value is -2.68. The van der Waals surface area contributed by atoms with Crippen molar-refractivity contribution in [3.63, 3.8) is 0 Å². The predicted molar refractivity (Wildman–Crippen MR) is 128 cm³/mol. The van der Waals surface area contributed by atoms with Crippen molar-refractivity contribution >= 4 is 51.7 Å². The van der Waals surface area contributed by atoms with Crippen LogP contribution in [0.4, 0.5) is 5.13 Å². The first-order valence-corrected chi connectivity index (χ1v) is 13.1. The van der Waals surface area contributed by atoms with Crippen molar-refractivity contribution in [1.82, 2.24) is 15.2 Å². The SMILES string of the molecule is CO/N=C(\C(=O)N[C@@H]1C(=O)N2C(C(=O)O)=C([N+]34CCC(O)(CC3)CC4)C(C)S[C@H]12)c1csc(N)n1. The number of nitrogens with two attached hydrogens (primary N) is 1. The van der Waals surface area contributed by atoms with Gasteiger partial charge in [-0.3, -0.25) is 19.0 Å². The number of anilines is 1. The number of piperidine rings is 3. The number of carbonyl (C=O) groups excluding carboxylic acids is 2. The molecule has 5 aliphatic rings. The topological polar surface area (TPSA) is 167 Å². The van der Waals surface area contributed by atoms with Crippen LogP contribution in [0.3, 0.4) is 0 Å². The number of nitrogens with one attached hydrogen (secondary N) is 1. The van der Waals surface area contributed by atoms with Gasteiger partial charge in [0.05, 0.1) is 30.5 Å². The fraction of sp³-hybridized carbons (Fsp3) is 0.571. The molecule has 1 aromatic rings. The van der Waals surface area contributed by atoms with E-state index in [1.54, 1.807) is 5.38 Å². The number of hydrogen-bond donors (Lipinski definition) is 4. The van der Waals surface area contributed by atoms with Crippen LogP contribution in [0.1, 0.15) is 31.9 Å². The second kappa shape index (κ2) is 8.47. The number of rotatable bonds is 6. The Morgan fingerprint density at radius 3 is 2.54 bits per heavy atom. The second-order valence-electron chi connectivity index (χ2n) is 9.35. The Morgan fingerprint density at radius 2 is 2.00 bits per heavy atom. The molecule has 12 nitrogen and oxygen atoms in total. The Morgan fingerprint density at radius 1 is 1.34 bits per heavy atom. The first-order valence-electron chi connectivity index (χ1n) is 11.3. The molecule has 2 bridgehead atoms. The summed E-state index contributed by atoms with van der Waals surface area (Å²) in [6, 6.07) is -0.920. The van der Waals surface area contributed by atoms with Gasteiger partial charge < -0.3 is 26.1 Å². The van der Waals surface area contributed by atoms with Gasteiger partial charge in [0.2, 0.25) is 0 Å². The van der Waals surface area contributed by atoms with E-state index in [1.807, 2.05) is 6.92 Å². The van der Waals surface area contributed by atoms with Crippen molar-refractivity contribution in [1.29, 1.82) is 0 Å².